The van der Waals surface area contributed by atoms with Crippen LogP contribution in [0.25, 0.3) is 0 Å². The number of benzene rings is 2. The molecule has 0 spiro atoms. The Morgan fingerprint density at radius 1 is 1.04 bits per heavy atom. The van der Waals surface area contributed by atoms with E-state index in [1.54, 1.807) is 6.08 Å². The van der Waals surface area contributed by atoms with Crippen molar-refractivity contribution < 1.29 is 9.18 Å². The summed E-state index contributed by atoms with van der Waals surface area (Å²) < 4.78 is 13.8. The summed E-state index contributed by atoms with van der Waals surface area (Å²) in [6.45, 7) is 4.42. The highest BCUT2D eigenvalue weighted by Gasteiger charge is 2.15. The maximum atomic E-state index is 13.0. The molecule has 1 fully saturated rings. The monoisotopic (exact) mass is 402 g/mol. The van der Waals surface area contributed by atoms with E-state index in [9.17, 15) is 9.18 Å². The smallest absolute Gasteiger partial charge is 0.188 e. The molecule has 0 bridgehead atoms. The van der Waals surface area contributed by atoms with E-state index in [1.807, 2.05) is 42.6 Å². The summed E-state index contributed by atoms with van der Waals surface area (Å²) in [6.07, 6.45) is 3.52. The van der Waals surface area contributed by atoms with Gasteiger partial charge in [0.05, 0.1) is 0 Å². The minimum absolute atomic E-state index is 0.00113. The fourth-order valence-electron chi connectivity index (χ4n) is 2.84. The number of carbonyl (C=O) groups excluding carboxylic acids is 1. The van der Waals surface area contributed by atoms with Crippen molar-refractivity contribution in [2.24, 2.45) is 0 Å². The first-order valence-corrected chi connectivity index (χ1v) is 9.09. The lowest BCUT2D eigenvalue weighted by Crippen LogP contribution is -2.43. The van der Waals surface area contributed by atoms with E-state index in [0.717, 1.165) is 42.8 Å². The molecule has 130 valence electrons. The highest BCUT2D eigenvalue weighted by Crippen LogP contribution is 2.17. The summed E-state index contributed by atoms with van der Waals surface area (Å²) in [4.78, 5) is 16.8. The molecule has 0 radical (unpaired) electrons. The molecule has 3 nitrogen and oxygen atoms in total. The van der Waals surface area contributed by atoms with Crippen LogP contribution in [0, 0.1) is 5.82 Å². The first-order valence-electron chi connectivity index (χ1n) is 8.30. The van der Waals surface area contributed by atoms with Gasteiger partial charge in [0.25, 0.3) is 0 Å². The van der Waals surface area contributed by atoms with Crippen LogP contribution in [0.1, 0.15) is 15.9 Å². The average molecular weight is 403 g/mol. The van der Waals surface area contributed by atoms with Gasteiger partial charge in [-0.25, -0.2) is 4.39 Å². The Morgan fingerprint density at radius 2 is 1.72 bits per heavy atom. The minimum atomic E-state index is -0.201. The van der Waals surface area contributed by atoms with Gasteiger partial charge in [0.2, 0.25) is 0 Å². The normalized spacial score (nSPS) is 15.7. The Labute approximate surface area is 155 Å². The number of hydrogen-bond donors (Lipinski definition) is 0. The Kier molecular flexibility index (Phi) is 6.00. The summed E-state index contributed by atoms with van der Waals surface area (Å²) >= 11 is 3.41. The number of carbonyl (C=O) groups is 1. The van der Waals surface area contributed by atoms with Crippen LogP contribution in [0.3, 0.4) is 0 Å². The molecule has 1 aliphatic rings. The van der Waals surface area contributed by atoms with Crippen molar-refractivity contribution in [3.63, 3.8) is 0 Å². The third-order valence-electron chi connectivity index (χ3n) is 4.30. The number of halogens is 2. The molecule has 0 amide bonds. The first kappa shape index (κ1) is 17.8. The van der Waals surface area contributed by atoms with Crippen molar-refractivity contribution >= 4 is 21.7 Å². The average Bonchev–Trinajstić information content (AvgIpc) is 2.63. The van der Waals surface area contributed by atoms with Crippen molar-refractivity contribution in [3.8, 4) is 0 Å². The van der Waals surface area contributed by atoms with Crippen molar-refractivity contribution in [1.82, 2.24) is 9.80 Å². The molecule has 2 aromatic rings. The van der Waals surface area contributed by atoms with Crippen LogP contribution in [0.2, 0.25) is 0 Å². The summed E-state index contributed by atoms with van der Waals surface area (Å²) in [7, 11) is 0. The molecule has 3 rings (SSSR count). The largest absolute Gasteiger partial charge is 0.375 e. The standard InChI is InChI=1S/C20H20BrFN2O/c21-19-4-2-1-3-18(19)20(25)9-10-23-11-13-24(14-12-23)15-16-5-7-17(22)8-6-16/h1-10H,11-15H2/b10-9+. The van der Waals surface area contributed by atoms with Gasteiger partial charge in [-0.05, 0) is 29.8 Å². The SMILES string of the molecule is O=C(/C=C/N1CCN(Cc2ccc(F)cc2)CC1)c1ccccc1Br. The zero-order chi connectivity index (χ0) is 17.6. The van der Waals surface area contributed by atoms with E-state index in [-0.39, 0.29) is 11.6 Å². The predicted molar refractivity (Wildman–Crippen MR) is 101 cm³/mol. The second-order valence-corrected chi connectivity index (χ2v) is 6.95. The van der Waals surface area contributed by atoms with Crippen molar-refractivity contribution in [2.45, 2.75) is 6.54 Å². The van der Waals surface area contributed by atoms with Crippen LogP contribution in [0.5, 0.6) is 0 Å². The fraction of sp³-hybridized carbons (Fsp3) is 0.250. The first-order chi connectivity index (χ1) is 12.1. The van der Waals surface area contributed by atoms with Gasteiger partial charge < -0.3 is 4.90 Å². The van der Waals surface area contributed by atoms with Crippen molar-refractivity contribution in [1.29, 1.82) is 0 Å². The molecule has 0 saturated carbocycles. The van der Waals surface area contributed by atoms with Crippen LogP contribution in [-0.2, 0) is 6.54 Å². The van der Waals surface area contributed by atoms with Gasteiger partial charge in [-0.3, -0.25) is 9.69 Å². The maximum absolute atomic E-state index is 13.0. The van der Waals surface area contributed by atoms with Gasteiger partial charge in [-0.2, -0.15) is 0 Å². The lowest BCUT2D eigenvalue weighted by Gasteiger charge is -2.34. The zero-order valence-electron chi connectivity index (χ0n) is 13.9. The van der Waals surface area contributed by atoms with E-state index < -0.39 is 0 Å². The second-order valence-electron chi connectivity index (χ2n) is 6.10. The second kappa shape index (κ2) is 8.41. The fourth-order valence-corrected chi connectivity index (χ4v) is 3.32. The van der Waals surface area contributed by atoms with Gasteiger partial charge in [0.1, 0.15) is 5.82 Å². The molecule has 0 atom stereocenters. The minimum Gasteiger partial charge on any atom is -0.375 e. The molecule has 25 heavy (non-hydrogen) atoms. The third kappa shape index (κ3) is 5.00. The molecule has 1 heterocycles. The summed E-state index contributed by atoms with van der Waals surface area (Å²) in [5.41, 5.74) is 1.79. The van der Waals surface area contributed by atoms with Crippen LogP contribution in [0.15, 0.2) is 65.3 Å². The summed E-state index contributed by atoms with van der Waals surface area (Å²) in [5.74, 6) is -0.199. The van der Waals surface area contributed by atoms with Gasteiger partial charge in [-0.1, -0.05) is 40.2 Å². The topological polar surface area (TPSA) is 23.6 Å². The number of nitrogens with zero attached hydrogens (tertiary/aromatic N) is 2. The number of piperazine rings is 1. The molecule has 0 unspecified atom stereocenters. The molecule has 1 saturated heterocycles. The summed E-state index contributed by atoms with van der Waals surface area (Å²) in [6, 6.07) is 14.1. The Balaban J connectivity index is 1.50. The number of ketones is 1. The van der Waals surface area contributed by atoms with E-state index in [4.69, 9.17) is 0 Å². The van der Waals surface area contributed by atoms with Crippen LogP contribution < -0.4 is 0 Å². The van der Waals surface area contributed by atoms with Crippen molar-refractivity contribution in [2.75, 3.05) is 26.2 Å². The maximum Gasteiger partial charge on any atom is 0.188 e. The lowest BCUT2D eigenvalue weighted by atomic mass is 10.1. The highest BCUT2D eigenvalue weighted by atomic mass is 79.9. The highest BCUT2D eigenvalue weighted by molar-refractivity contribution is 9.10. The van der Waals surface area contributed by atoms with Gasteiger partial charge in [0, 0.05) is 55.0 Å². The van der Waals surface area contributed by atoms with Gasteiger partial charge in [-0.15, -0.1) is 0 Å². The summed E-state index contributed by atoms with van der Waals surface area (Å²) in [5, 5.41) is 0. The Morgan fingerprint density at radius 3 is 2.40 bits per heavy atom. The van der Waals surface area contributed by atoms with Crippen LogP contribution in [-0.4, -0.2) is 41.8 Å². The van der Waals surface area contributed by atoms with Gasteiger partial charge >= 0.3 is 0 Å². The van der Waals surface area contributed by atoms with E-state index >= 15 is 0 Å². The van der Waals surface area contributed by atoms with Crippen LogP contribution >= 0.6 is 15.9 Å². The number of allylic oxidation sites excluding steroid dienone is 1. The molecule has 0 N–H and O–H groups in total. The van der Waals surface area contributed by atoms with E-state index in [0.29, 0.717) is 5.56 Å². The zero-order valence-corrected chi connectivity index (χ0v) is 15.5. The molecule has 0 aliphatic carbocycles. The molecule has 0 aromatic heterocycles. The molecule has 2 aromatic carbocycles. The Bertz CT molecular complexity index is 753. The third-order valence-corrected chi connectivity index (χ3v) is 4.99. The van der Waals surface area contributed by atoms with E-state index in [1.165, 1.54) is 12.1 Å². The molecule has 1 aliphatic heterocycles. The molecular weight excluding hydrogens is 383 g/mol. The number of hydrogen-bond acceptors (Lipinski definition) is 3. The van der Waals surface area contributed by atoms with E-state index in [2.05, 4.69) is 25.7 Å². The quantitative estimate of drug-likeness (QED) is 0.555. The van der Waals surface area contributed by atoms with Crippen molar-refractivity contribution in [3.05, 3.63) is 82.2 Å². The predicted octanol–water partition coefficient (Wildman–Crippen LogP) is 4.10. The number of rotatable bonds is 5. The molecular formula is C20H20BrFN2O. The van der Waals surface area contributed by atoms with Crippen LogP contribution in [0.4, 0.5) is 4.39 Å². The molecule has 5 heteroatoms. The van der Waals surface area contributed by atoms with Gasteiger partial charge in [0.15, 0.2) is 5.78 Å². The lowest BCUT2D eigenvalue weighted by molar-refractivity contribution is 0.104. The Hall–Kier alpha value is -1.98.